The summed E-state index contributed by atoms with van der Waals surface area (Å²) in [7, 11) is -3.44. The minimum atomic E-state index is -3.44. The van der Waals surface area contributed by atoms with Crippen LogP contribution < -0.4 is 4.72 Å². The van der Waals surface area contributed by atoms with Crippen LogP contribution in [0.5, 0.6) is 0 Å². The van der Waals surface area contributed by atoms with E-state index in [1.165, 1.54) is 0 Å². The van der Waals surface area contributed by atoms with E-state index in [2.05, 4.69) is 9.88 Å². The summed E-state index contributed by atoms with van der Waals surface area (Å²) >= 11 is 0. The monoisotopic (exact) mass is 320 g/mol. The summed E-state index contributed by atoms with van der Waals surface area (Å²) in [6.07, 6.45) is 4.04. The third-order valence-corrected chi connectivity index (χ3v) is 5.70. The van der Waals surface area contributed by atoms with E-state index >= 15 is 0 Å². The first-order valence-electron chi connectivity index (χ1n) is 7.53. The van der Waals surface area contributed by atoms with Crippen molar-refractivity contribution >= 4 is 10.0 Å². The third-order valence-electron chi connectivity index (χ3n) is 4.16. The highest BCUT2D eigenvalue weighted by Gasteiger charge is 2.23. The highest BCUT2D eigenvalue weighted by atomic mass is 32.2. The van der Waals surface area contributed by atoms with Gasteiger partial charge in [0.25, 0.3) is 0 Å². The molecule has 1 saturated carbocycles. The van der Waals surface area contributed by atoms with Gasteiger partial charge in [-0.25, -0.2) is 13.1 Å². The van der Waals surface area contributed by atoms with Crippen LogP contribution in [-0.2, 0) is 10.0 Å². The summed E-state index contributed by atoms with van der Waals surface area (Å²) in [5, 5.41) is 3.93. The number of aromatic nitrogens is 1. The summed E-state index contributed by atoms with van der Waals surface area (Å²) in [6, 6.07) is 6.95. The number of hydrogen-bond acceptors (Lipinski definition) is 4. The minimum Gasteiger partial charge on any atom is -0.361 e. The van der Waals surface area contributed by atoms with E-state index in [1.807, 2.05) is 13.8 Å². The fourth-order valence-electron chi connectivity index (χ4n) is 3.03. The van der Waals surface area contributed by atoms with E-state index in [0.717, 1.165) is 48.3 Å². The first kappa shape index (κ1) is 15.2. The van der Waals surface area contributed by atoms with E-state index in [4.69, 9.17) is 4.52 Å². The number of aryl methyl sites for hydroxylation is 2. The Bertz CT molecular complexity index is 738. The Kier molecular flexibility index (Phi) is 4.06. The number of rotatable bonds is 4. The zero-order chi connectivity index (χ0) is 15.7. The summed E-state index contributed by atoms with van der Waals surface area (Å²) in [6.45, 7) is 3.72. The zero-order valence-electron chi connectivity index (χ0n) is 12.8. The van der Waals surface area contributed by atoms with Gasteiger partial charge in [-0.1, -0.05) is 30.1 Å². The number of hydrogen-bond donors (Lipinski definition) is 1. The van der Waals surface area contributed by atoms with Crippen LogP contribution in [0.25, 0.3) is 11.1 Å². The van der Waals surface area contributed by atoms with E-state index in [0.29, 0.717) is 4.90 Å². The molecule has 1 N–H and O–H groups in total. The van der Waals surface area contributed by atoms with Crippen molar-refractivity contribution in [2.45, 2.75) is 50.5 Å². The van der Waals surface area contributed by atoms with Gasteiger partial charge in [0.15, 0.2) is 0 Å². The van der Waals surface area contributed by atoms with Gasteiger partial charge in [0.2, 0.25) is 10.0 Å². The van der Waals surface area contributed by atoms with Crippen molar-refractivity contribution in [3.8, 4) is 11.1 Å². The first-order valence-corrected chi connectivity index (χ1v) is 9.01. The molecule has 0 atom stereocenters. The van der Waals surface area contributed by atoms with E-state index in [-0.39, 0.29) is 6.04 Å². The summed E-state index contributed by atoms with van der Waals surface area (Å²) in [4.78, 5) is 0.301. The molecule has 0 unspecified atom stereocenters. The molecule has 5 nitrogen and oxygen atoms in total. The molecule has 6 heteroatoms. The van der Waals surface area contributed by atoms with Gasteiger partial charge in [-0.15, -0.1) is 0 Å². The van der Waals surface area contributed by atoms with E-state index in [9.17, 15) is 8.42 Å². The molecule has 1 aliphatic rings. The summed E-state index contributed by atoms with van der Waals surface area (Å²) in [5.41, 5.74) is 2.64. The van der Waals surface area contributed by atoms with Crippen LogP contribution in [-0.4, -0.2) is 19.6 Å². The Morgan fingerprint density at radius 3 is 2.32 bits per heavy atom. The summed E-state index contributed by atoms with van der Waals surface area (Å²) in [5.74, 6) is 0.734. The smallest absolute Gasteiger partial charge is 0.240 e. The number of sulfonamides is 1. The van der Waals surface area contributed by atoms with Crippen LogP contribution in [0.2, 0.25) is 0 Å². The lowest BCUT2D eigenvalue weighted by molar-refractivity contribution is 0.393. The normalized spacial score (nSPS) is 16.3. The zero-order valence-corrected chi connectivity index (χ0v) is 13.6. The number of nitrogens with zero attached hydrogens (tertiary/aromatic N) is 1. The molecule has 0 aliphatic heterocycles. The average Bonchev–Trinajstić information content (AvgIpc) is 3.09. The van der Waals surface area contributed by atoms with Gasteiger partial charge >= 0.3 is 0 Å². The van der Waals surface area contributed by atoms with Gasteiger partial charge in [0.1, 0.15) is 5.76 Å². The van der Waals surface area contributed by atoms with Crippen molar-refractivity contribution in [3.05, 3.63) is 35.7 Å². The van der Waals surface area contributed by atoms with Gasteiger partial charge in [-0.3, -0.25) is 0 Å². The lowest BCUT2D eigenvalue weighted by atomic mass is 10.0. The van der Waals surface area contributed by atoms with E-state index in [1.54, 1.807) is 24.3 Å². The third kappa shape index (κ3) is 2.94. The molecule has 118 valence electrons. The Morgan fingerprint density at radius 2 is 1.77 bits per heavy atom. The van der Waals surface area contributed by atoms with Gasteiger partial charge in [-0.05, 0) is 44.4 Å². The lowest BCUT2D eigenvalue weighted by Crippen LogP contribution is -2.32. The van der Waals surface area contributed by atoms with Crippen molar-refractivity contribution in [1.29, 1.82) is 0 Å². The van der Waals surface area contributed by atoms with Crippen LogP contribution in [0, 0.1) is 13.8 Å². The standard InChI is InChI=1S/C16H20N2O3S/c1-11-16(12(2)21-17-11)13-7-9-15(10-8-13)22(19,20)18-14-5-3-4-6-14/h7-10,14,18H,3-6H2,1-2H3. The molecule has 0 bridgehead atoms. The molecule has 1 aromatic carbocycles. The Labute approximate surface area is 130 Å². The topological polar surface area (TPSA) is 72.2 Å². The van der Waals surface area contributed by atoms with Crippen LogP contribution >= 0.6 is 0 Å². The molecule has 2 aromatic rings. The maximum Gasteiger partial charge on any atom is 0.240 e. The fourth-order valence-corrected chi connectivity index (χ4v) is 4.33. The van der Waals surface area contributed by atoms with Crippen LogP contribution in [0.4, 0.5) is 0 Å². The first-order chi connectivity index (χ1) is 10.5. The van der Waals surface area contributed by atoms with Crippen LogP contribution in [0.3, 0.4) is 0 Å². The molecule has 0 spiro atoms. The van der Waals surface area contributed by atoms with Crippen LogP contribution in [0.15, 0.2) is 33.7 Å². The van der Waals surface area contributed by atoms with Gasteiger partial charge in [-0.2, -0.15) is 0 Å². The second-order valence-electron chi connectivity index (χ2n) is 5.83. The van der Waals surface area contributed by atoms with Gasteiger partial charge in [0, 0.05) is 11.6 Å². The lowest BCUT2D eigenvalue weighted by Gasteiger charge is -2.12. The maximum atomic E-state index is 12.4. The number of nitrogens with one attached hydrogen (secondary N) is 1. The van der Waals surface area contributed by atoms with Crippen LogP contribution in [0.1, 0.15) is 37.1 Å². The molecule has 22 heavy (non-hydrogen) atoms. The fraction of sp³-hybridized carbons (Fsp3) is 0.438. The van der Waals surface area contributed by atoms with Crippen molar-refractivity contribution in [2.24, 2.45) is 0 Å². The van der Waals surface area contributed by atoms with E-state index < -0.39 is 10.0 Å². The molecule has 1 fully saturated rings. The highest BCUT2D eigenvalue weighted by molar-refractivity contribution is 7.89. The second kappa shape index (κ2) is 5.85. The highest BCUT2D eigenvalue weighted by Crippen LogP contribution is 2.28. The Hall–Kier alpha value is -1.66. The maximum absolute atomic E-state index is 12.4. The quantitative estimate of drug-likeness (QED) is 0.939. The van der Waals surface area contributed by atoms with Crippen molar-refractivity contribution in [3.63, 3.8) is 0 Å². The van der Waals surface area contributed by atoms with Crippen molar-refractivity contribution < 1.29 is 12.9 Å². The minimum absolute atomic E-state index is 0.0761. The predicted octanol–water partition coefficient (Wildman–Crippen LogP) is 3.18. The molecule has 0 saturated heterocycles. The molecule has 0 amide bonds. The SMILES string of the molecule is Cc1noc(C)c1-c1ccc(S(=O)(=O)NC2CCCC2)cc1. The Morgan fingerprint density at radius 1 is 1.14 bits per heavy atom. The number of benzene rings is 1. The van der Waals surface area contributed by atoms with Gasteiger partial charge in [0.05, 0.1) is 10.6 Å². The molecule has 0 radical (unpaired) electrons. The molecule has 1 aromatic heterocycles. The average molecular weight is 320 g/mol. The van der Waals surface area contributed by atoms with Crippen molar-refractivity contribution in [1.82, 2.24) is 9.88 Å². The Balaban J connectivity index is 1.84. The molecular weight excluding hydrogens is 300 g/mol. The molecule has 3 rings (SSSR count). The van der Waals surface area contributed by atoms with Crippen molar-refractivity contribution in [2.75, 3.05) is 0 Å². The molecule has 1 heterocycles. The van der Waals surface area contributed by atoms with Gasteiger partial charge < -0.3 is 4.52 Å². The second-order valence-corrected chi connectivity index (χ2v) is 7.54. The largest absolute Gasteiger partial charge is 0.361 e. The summed E-state index contributed by atoms with van der Waals surface area (Å²) < 4.78 is 32.7. The molecule has 1 aliphatic carbocycles. The predicted molar refractivity (Wildman–Crippen MR) is 84.0 cm³/mol. The molecular formula is C16H20N2O3S.